The van der Waals surface area contributed by atoms with E-state index in [9.17, 15) is 0 Å². The van der Waals surface area contributed by atoms with Crippen molar-refractivity contribution < 1.29 is 0 Å². The summed E-state index contributed by atoms with van der Waals surface area (Å²) < 4.78 is 0.249. The second-order valence-electron chi connectivity index (χ2n) is 4.46. The molecule has 1 aromatic carbocycles. The molecular weight excluding hydrogens is 258 g/mol. The standard InChI is InChI=1S/C15H13ClN3/c1-12-7-9-17-15(11-12)19(10-2-8-18-19)14-5-3-13(16)4-6-14/h2-11H,1H3/q+1. The van der Waals surface area contributed by atoms with Crippen molar-refractivity contribution >= 4 is 29.3 Å². The Kier molecular flexibility index (Phi) is 2.93. The number of hydrogen-bond donors (Lipinski definition) is 0. The lowest BCUT2D eigenvalue weighted by Crippen LogP contribution is -2.30. The third-order valence-electron chi connectivity index (χ3n) is 3.11. The predicted molar refractivity (Wildman–Crippen MR) is 79.5 cm³/mol. The highest BCUT2D eigenvalue weighted by Gasteiger charge is 2.35. The van der Waals surface area contributed by atoms with Gasteiger partial charge in [-0.15, -0.1) is 0 Å². The highest BCUT2D eigenvalue weighted by atomic mass is 35.5. The van der Waals surface area contributed by atoms with Gasteiger partial charge in [-0.05, 0) is 30.7 Å². The van der Waals surface area contributed by atoms with E-state index < -0.39 is 0 Å². The van der Waals surface area contributed by atoms with Gasteiger partial charge in [-0.3, -0.25) is 0 Å². The zero-order valence-corrected chi connectivity index (χ0v) is 11.2. The van der Waals surface area contributed by atoms with Crippen molar-refractivity contribution in [3.63, 3.8) is 0 Å². The fourth-order valence-electron chi connectivity index (χ4n) is 2.14. The molecule has 0 saturated carbocycles. The number of halogens is 1. The molecule has 3 nitrogen and oxygen atoms in total. The van der Waals surface area contributed by atoms with Gasteiger partial charge >= 0.3 is 0 Å². The number of hydrogen-bond acceptors (Lipinski definition) is 2. The molecule has 0 saturated heterocycles. The SMILES string of the molecule is Cc1ccnc([N+]2(c3ccc(Cl)cc3)C=CC=N2)c1. The highest BCUT2D eigenvalue weighted by Crippen LogP contribution is 2.37. The summed E-state index contributed by atoms with van der Waals surface area (Å²) in [7, 11) is 0. The molecule has 2 heterocycles. The van der Waals surface area contributed by atoms with Crippen molar-refractivity contribution in [2.24, 2.45) is 5.10 Å². The van der Waals surface area contributed by atoms with Crippen molar-refractivity contribution in [2.75, 3.05) is 0 Å². The van der Waals surface area contributed by atoms with Crippen LogP contribution in [-0.4, -0.2) is 11.2 Å². The molecule has 19 heavy (non-hydrogen) atoms. The molecule has 0 amide bonds. The maximum atomic E-state index is 5.96. The molecule has 0 aliphatic carbocycles. The lowest BCUT2D eigenvalue weighted by atomic mass is 10.2. The van der Waals surface area contributed by atoms with Crippen molar-refractivity contribution in [3.05, 3.63) is 65.5 Å². The van der Waals surface area contributed by atoms with Gasteiger partial charge in [0, 0.05) is 35.5 Å². The lowest BCUT2D eigenvalue weighted by Gasteiger charge is -2.23. The number of pyridine rings is 1. The predicted octanol–water partition coefficient (Wildman–Crippen LogP) is 4.20. The van der Waals surface area contributed by atoms with Crippen LogP contribution in [-0.2, 0) is 0 Å². The Morgan fingerprint density at radius 3 is 2.53 bits per heavy atom. The number of benzene rings is 1. The molecule has 0 spiro atoms. The van der Waals surface area contributed by atoms with Crippen LogP contribution in [0.1, 0.15) is 5.56 Å². The monoisotopic (exact) mass is 270 g/mol. The summed E-state index contributed by atoms with van der Waals surface area (Å²) in [4.78, 5) is 4.47. The average molecular weight is 271 g/mol. The summed E-state index contributed by atoms with van der Waals surface area (Å²) in [6.45, 7) is 2.05. The second-order valence-corrected chi connectivity index (χ2v) is 4.90. The zero-order valence-electron chi connectivity index (χ0n) is 10.5. The van der Waals surface area contributed by atoms with Gasteiger partial charge in [-0.1, -0.05) is 21.3 Å². The fraction of sp³-hybridized carbons (Fsp3) is 0.0667. The van der Waals surface area contributed by atoms with Gasteiger partial charge in [0.15, 0.2) is 5.69 Å². The summed E-state index contributed by atoms with van der Waals surface area (Å²) >= 11 is 5.96. The molecule has 4 heteroatoms. The Hall–Kier alpha value is -1.97. The summed E-state index contributed by atoms with van der Waals surface area (Å²) in [6, 6.07) is 11.7. The van der Waals surface area contributed by atoms with E-state index in [1.165, 1.54) is 0 Å². The lowest BCUT2D eigenvalue weighted by molar-refractivity contribution is 0.537. The molecule has 1 atom stereocenters. The first-order chi connectivity index (χ1) is 9.21. The minimum Gasteiger partial charge on any atom is -0.202 e. The Morgan fingerprint density at radius 1 is 1.11 bits per heavy atom. The Morgan fingerprint density at radius 2 is 1.89 bits per heavy atom. The van der Waals surface area contributed by atoms with Crippen LogP contribution in [0.25, 0.3) is 0 Å². The number of aromatic nitrogens is 1. The van der Waals surface area contributed by atoms with Crippen molar-refractivity contribution in [1.82, 2.24) is 9.58 Å². The normalized spacial score (nSPS) is 20.9. The van der Waals surface area contributed by atoms with Crippen LogP contribution in [0.3, 0.4) is 0 Å². The molecule has 1 aromatic heterocycles. The second kappa shape index (κ2) is 4.61. The van der Waals surface area contributed by atoms with Crippen LogP contribution in [0.4, 0.5) is 11.5 Å². The number of aryl methyl sites for hydroxylation is 1. The van der Waals surface area contributed by atoms with E-state index in [1.54, 1.807) is 6.21 Å². The summed E-state index contributed by atoms with van der Waals surface area (Å²) in [5, 5.41) is 5.29. The average Bonchev–Trinajstić information content (AvgIpc) is 2.90. The number of allylic oxidation sites excluding steroid dienone is 1. The minimum absolute atomic E-state index is 0.249. The molecule has 1 aliphatic heterocycles. The van der Waals surface area contributed by atoms with Gasteiger partial charge in [0.05, 0.1) is 6.21 Å². The van der Waals surface area contributed by atoms with Gasteiger partial charge < -0.3 is 0 Å². The molecule has 94 valence electrons. The van der Waals surface area contributed by atoms with E-state index in [0.717, 1.165) is 17.1 Å². The number of nitrogens with zero attached hydrogens (tertiary/aromatic N) is 3. The van der Waals surface area contributed by atoms with Gasteiger partial charge in [0.2, 0.25) is 0 Å². The largest absolute Gasteiger partial charge is 0.264 e. The maximum Gasteiger partial charge on any atom is 0.264 e. The van der Waals surface area contributed by atoms with Gasteiger partial charge in [0.25, 0.3) is 5.82 Å². The fourth-order valence-corrected chi connectivity index (χ4v) is 2.27. The molecular formula is C15H13ClN3+. The van der Waals surface area contributed by atoms with Crippen LogP contribution >= 0.6 is 11.6 Å². The molecule has 1 aliphatic rings. The molecule has 1 unspecified atom stereocenters. The number of rotatable bonds is 2. The van der Waals surface area contributed by atoms with Crippen LogP contribution in [0, 0.1) is 6.92 Å². The minimum atomic E-state index is 0.249. The Labute approximate surface area is 117 Å². The first kappa shape index (κ1) is 12.1. The number of quaternary nitrogens is 1. The van der Waals surface area contributed by atoms with Gasteiger partial charge in [-0.25, -0.2) is 4.98 Å². The smallest absolute Gasteiger partial charge is 0.202 e. The van der Waals surface area contributed by atoms with Gasteiger partial charge in [0.1, 0.15) is 6.20 Å². The summed E-state index contributed by atoms with van der Waals surface area (Å²) in [6.07, 6.45) is 7.53. The van der Waals surface area contributed by atoms with E-state index in [1.807, 2.05) is 61.8 Å². The molecule has 0 fully saturated rings. The molecule has 0 N–H and O–H groups in total. The van der Waals surface area contributed by atoms with E-state index in [0.29, 0.717) is 5.02 Å². The van der Waals surface area contributed by atoms with Crippen molar-refractivity contribution in [2.45, 2.75) is 6.92 Å². The molecule has 3 rings (SSSR count). The summed E-state index contributed by atoms with van der Waals surface area (Å²) in [5.74, 6) is 0.868. The topological polar surface area (TPSA) is 25.2 Å². The molecule has 0 bridgehead atoms. The third kappa shape index (κ3) is 2.07. The molecule has 2 aromatic rings. The third-order valence-corrected chi connectivity index (χ3v) is 3.36. The first-order valence-electron chi connectivity index (χ1n) is 6.02. The van der Waals surface area contributed by atoms with Crippen LogP contribution < -0.4 is 4.59 Å². The van der Waals surface area contributed by atoms with Crippen LogP contribution in [0.2, 0.25) is 5.02 Å². The van der Waals surface area contributed by atoms with E-state index in [4.69, 9.17) is 11.6 Å². The zero-order chi connectivity index (χ0) is 13.3. The maximum absolute atomic E-state index is 5.96. The van der Waals surface area contributed by atoms with Crippen LogP contribution in [0.15, 0.2) is 60.0 Å². The van der Waals surface area contributed by atoms with Crippen molar-refractivity contribution in [1.29, 1.82) is 0 Å². The Balaban J connectivity index is 2.18. The van der Waals surface area contributed by atoms with E-state index in [-0.39, 0.29) is 4.59 Å². The van der Waals surface area contributed by atoms with E-state index >= 15 is 0 Å². The highest BCUT2D eigenvalue weighted by molar-refractivity contribution is 6.30. The quantitative estimate of drug-likeness (QED) is 0.751. The molecule has 0 radical (unpaired) electrons. The Bertz CT molecular complexity index is 647. The summed E-state index contributed by atoms with van der Waals surface area (Å²) in [5.41, 5.74) is 2.17. The van der Waals surface area contributed by atoms with E-state index in [2.05, 4.69) is 10.1 Å². The van der Waals surface area contributed by atoms with Gasteiger partial charge in [-0.2, -0.15) is 0 Å². The van der Waals surface area contributed by atoms with Crippen LogP contribution in [0.5, 0.6) is 0 Å². The first-order valence-corrected chi connectivity index (χ1v) is 6.40. The van der Waals surface area contributed by atoms with Crippen molar-refractivity contribution in [3.8, 4) is 0 Å².